The summed E-state index contributed by atoms with van der Waals surface area (Å²) in [7, 11) is 1.50. The van der Waals surface area contributed by atoms with Gasteiger partial charge in [0, 0.05) is 26.3 Å². The Balaban J connectivity index is 2.95. The first kappa shape index (κ1) is 12.8. The van der Waals surface area contributed by atoms with E-state index >= 15 is 0 Å². The topological polar surface area (TPSA) is 25.4 Å². The largest absolute Gasteiger partial charge is 0.383 e. The van der Waals surface area contributed by atoms with Crippen LogP contribution in [-0.2, 0) is 4.74 Å². The molecule has 1 aromatic heterocycles. The first-order valence-electron chi connectivity index (χ1n) is 4.85. The van der Waals surface area contributed by atoms with Crippen LogP contribution in [0.3, 0.4) is 0 Å². The Hall–Kier alpha value is -1.30. The van der Waals surface area contributed by atoms with Crippen molar-refractivity contribution in [3.05, 3.63) is 23.6 Å². The summed E-state index contributed by atoms with van der Waals surface area (Å²) in [6, 6.07) is 0.493. The van der Waals surface area contributed by atoms with Crippen LogP contribution in [0.5, 0.6) is 0 Å². The van der Waals surface area contributed by atoms with Crippen LogP contribution in [0.2, 0.25) is 0 Å². The van der Waals surface area contributed by atoms with Gasteiger partial charge in [0.25, 0.3) is 5.95 Å². The van der Waals surface area contributed by atoms with Gasteiger partial charge in [-0.15, -0.1) is 0 Å². The third-order valence-corrected chi connectivity index (χ3v) is 2.11. The van der Waals surface area contributed by atoms with E-state index in [4.69, 9.17) is 4.74 Å². The van der Waals surface area contributed by atoms with Crippen molar-refractivity contribution in [1.82, 2.24) is 4.98 Å². The third-order valence-electron chi connectivity index (χ3n) is 2.11. The second-order valence-corrected chi connectivity index (χ2v) is 3.14. The van der Waals surface area contributed by atoms with Crippen LogP contribution in [-0.4, -0.2) is 31.8 Å². The summed E-state index contributed by atoms with van der Waals surface area (Å²) in [5.41, 5.74) is 0. The van der Waals surface area contributed by atoms with Gasteiger partial charge in [-0.1, -0.05) is 0 Å². The molecule has 1 heterocycles. The van der Waals surface area contributed by atoms with Crippen molar-refractivity contribution in [2.75, 3.05) is 31.7 Å². The molecule has 0 fully saturated rings. The van der Waals surface area contributed by atoms with Crippen LogP contribution in [0.4, 0.5) is 19.0 Å². The van der Waals surface area contributed by atoms with Gasteiger partial charge in [-0.25, -0.2) is 8.78 Å². The summed E-state index contributed by atoms with van der Waals surface area (Å²) in [5.74, 6) is -3.66. The van der Waals surface area contributed by atoms with E-state index in [9.17, 15) is 13.2 Å². The molecule has 0 unspecified atom stereocenters. The molecule has 0 aliphatic heterocycles. The number of anilines is 1. The van der Waals surface area contributed by atoms with Crippen LogP contribution in [0.1, 0.15) is 6.92 Å². The third kappa shape index (κ3) is 2.85. The van der Waals surface area contributed by atoms with E-state index in [1.165, 1.54) is 12.0 Å². The summed E-state index contributed by atoms with van der Waals surface area (Å²) in [6.45, 7) is 2.91. The van der Waals surface area contributed by atoms with Crippen molar-refractivity contribution in [2.45, 2.75) is 6.92 Å². The van der Waals surface area contributed by atoms with Crippen LogP contribution in [0.25, 0.3) is 0 Å². The van der Waals surface area contributed by atoms with E-state index < -0.39 is 17.6 Å². The van der Waals surface area contributed by atoms with E-state index in [0.717, 1.165) is 0 Å². The van der Waals surface area contributed by atoms with E-state index in [1.54, 1.807) is 6.92 Å². The molecule has 0 aliphatic carbocycles. The highest BCUT2D eigenvalue weighted by Gasteiger charge is 2.16. The predicted octanol–water partition coefficient (Wildman–Crippen LogP) is 1.97. The minimum absolute atomic E-state index is 0.196. The average Bonchev–Trinajstić information content (AvgIpc) is 2.26. The van der Waals surface area contributed by atoms with Crippen LogP contribution >= 0.6 is 0 Å². The number of nitrogens with zero attached hydrogens (tertiary/aromatic N) is 2. The summed E-state index contributed by atoms with van der Waals surface area (Å²) in [4.78, 5) is 4.72. The molecular formula is C10H13F3N2O. The van der Waals surface area contributed by atoms with Gasteiger partial charge >= 0.3 is 0 Å². The lowest BCUT2D eigenvalue weighted by atomic mass is 10.3. The molecule has 0 saturated heterocycles. The quantitative estimate of drug-likeness (QED) is 0.728. The van der Waals surface area contributed by atoms with Gasteiger partial charge in [-0.3, -0.25) is 0 Å². The van der Waals surface area contributed by atoms with Gasteiger partial charge < -0.3 is 9.64 Å². The molecule has 90 valence electrons. The zero-order valence-electron chi connectivity index (χ0n) is 9.14. The van der Waals surface area contributed by atoms with E-state index in [0.29, 0.717) is 25.8 Å². The van der Waals surface area contributed by atoms with Crippen molar-refractivity contribution in [2.24, 2.45) is 0 Å². The number of aromatic nitrogens is 1. The van der Waals surface area contributed by atoms with Crippen molar-refractivity contribution >= 4 is 5.82 Å². The SMILES string of the molecule is CCN(CCOC)c1nc(F)c(F)cc1F. The number of halogens is 3. The molecule has 1 rings (SSSR count). The lowest BCUT2D eigenvalue weighted by molar-refractivity contribution is 0.205. The normalized spacial score (nSPS) is 10.6. The molecular weight excluding hydrogens is 221 g/mol. The molecule has 1 aromatic rings. The van der Waals surface area contributed by atoms with E-state index in [2.05, 4.69) is 4.98 Å². The molecule has 3 nitrogen and oxygen atoms in total. The average molecular weight is 234 g/mol. The molecule has 0 radical (unpaired) electrons. The lowest BCUT2D eigenvalue weighted by Crippen LogP contribution is -2.29. The second-order valence-electron chi connectivity index (χ2n) is 3.14. The summed E-state index contributed by atoms with van der Waals surface area (Å²) < 4.78 is 43.7. The fourth-order valence-electron chi connectivity index (χ4n) is 1.27. The Bertz CT molecular complexity index is 360. The van der Waals surface area contributed by atoms with Crippen LogP contribution in [0, 0.1) is 17.6 Å². The van der Waals surface area contributed by atoms with Gasteiger partial charge in [0.15, 0.2) is 17.5 Å². The molecule has 0 amide bonds. The van der Waals surface area contributed by atoms with Crippen LogP contribution < -0.4 is 4.90 Å². The van der Waals surface area contributed by atoms with Crippen molar-refractivity contribution in [3.63, 3.8) is 0 Å². The van der Waals surface area contributed by atoms with Crippen molar-refractivity contribution in [1.29, 1.82) is 0 Å². The highest BCUT2D eigenvalue weighted by Crippen LogP contribution is 2.18. The minimum Gasteiger partial charge on any atom is -0.383 e. The predicted molar refractivity (Wildman–Crippen MR) is 53.9 cm³/mol. The fourth-order valence-corrected chi connectivity index (χ4v) is 1.27. The van der Waals surface area contributed by atoms with Crippen molar-refractivity contribution in [3.8, 4) is 0 Å². The Morgan fingerprint density at radius 1 is 1.31 bits per heavy atom. The monoisotopic (exact) mass is 234 g/mol. The number of pyridine rings is 1. The molecule has 0 spiro atoms. The molecule has 0 saturated carbocycles. The zero-order chi connectivity index (χ0) is 12.1. The summed E-state index contributed by atoms with van der Waals surface area (Å²) in [5, 5.41) is 0. The zero-order valence-corrected chi connectivity index (χ0v) is 9.14. The Morgan fingerprint density at radius 2 is 2.00 bits per heavy atom. The molecule has 0 aromatic carbocycles. The van der Waals surface area contributed by atoms with Gasteiger partial charge in [0.2, 0.25) is 0 Å². The van der Waals surface area contributed by atoms with Crippen molar-refractivity contribution < 1.29 is 17.9 Å². The molecule has 0 atom stereocenters. The highest BCUT2D eigenvalue weighted by molar-refractivity contribution is 5.39. The standard InChI is InChI=1S/C10H13F3N2O/c1-3-15(4-5-16-2)10-8(12)6-7(11)9(13)14-10/h6H,3-5H2,1-2H3. The Morgan fingerprint density at radius 3 is 2.56 bits per heavy atom. The number of hydrogen-bond donors (Lipinski definition) is 0. The van der Waals surface area contributed by atoms with Crippen LogP contribution in [0.15, 0.2) is 6.07 Å². The van der Waals surface area contributed by atoms with E-state index in [1.807, 2.05) is 0 Å². The van der Waals surface area contributed by atoms with Gasteiger partial charge in [0.1, 0.15) is 0 Å². The smallest absolute Gasteiger partial charge is 0.251 e. The maximum absolute atomic E-state index is 13.3. The number of likely N-dealkylation sites (N-methyl/N-ethyl adjacent to an activating group) is 1. The maximum atomic E-state index is 13.3. The fraction of sp³-hybridized carbons (Fsp3) is 0.500. The molecule has 6 heteroatoms. The molecule has 0 aliphatic rings. The summed E-state index contributed by atoms with van der Waals surface area (Å²) >= 11 is 0. The number of hydrogen-bond acceptors (Lipinski definition) is 3. The number of ether oxygens (including phenoxy) is 1. The minimum atomic E-state index is -1.30. The second kappa shape index (κ2) is 5.69. The Kier molecular flexibility index (Phi) is 4.54. The van der Waals surface area contributed by atoms with Gasteiger partial charge in [-0.05, 0) is 6.92 Å². The maximum Gasteiger partial charge on any atom is 0.251 e. The highest BCUT2D eigenvalue weighted by atomic mass is 19.2. The first-order valence-corrected chi connectivity index (χ1v) is 4.85. The Labute approximate surface area is 91.8 Å². The molecule has 0 bridgehead atoms. The number of rotatable bonds is 5. The molecule has 0 N–H and O–H groups in total. The lowest BCUT2D eigenvalue weighted by Gasteiger charge is -2.21. The van der Waals surface area contributed by atoms with Gasteiger partial charge in [-0.2, -0.15) is 9.37 Å². The van der Waals surface area contributed by atoms with E-state index in [-0.39, 0.29) is 5.82 Å². The van der Waals surface area contributed by atoms with Gasteiger partial charge in [0.05, 0.1) is 6.61 Å². The summed E-state index contributed by atoms with van der Waals surface area (Å²) in [6.07, 6.45) is 0. The first-order chi connectivity index (χ1) is 7.60. The molecule has 16 heavy (non-hydrogen) atoms. The number of methoxy groups -OCH3 is 1.